The number of hydrogen-bond acceptors (Lipinski definition) is 3. The molecule has 0 aromatic rings. The van der Waals surface area contributed by atoms with E-state index >= 15 is 0 Å². The number of carboxylic acid groups (broad SMARTS) is 1. The second-order valence-electron chi connectivity index (χ2n) is 9.04. The van der Waals surface area contributed by atoms with Crippen molar-refractivity contribution in [1.29, 1.82) is 0 Å². The number of quaternary nitrogens is 1. The van der Waals surface area contributed by atoms with Crippen LogP contribution >= 0.6 is 0 Å². The van der Waals surface area contributed by atoms with Crippen LogP contribution in [-0.2, 0) is 4.79 Å². The number of rotatable bonds is 16. The molecule has 0 amide bonds. The number of likely N-dealkylation sites (N-methyl/N-ethyl adjacent to an activating group) is 2. The zero-order valence-corrected chi connectivity index (χ0v) is 18.8. The van der Waals surface area contributed by atoms with Crippen LogP contribution in [0.25, 0.3) is 0 Å². The highest BCUT2D eigenvalue weighted by molar-refractivity contribution is 5.76. The molecule has 0 radical (unpaired) electrons. The Labute approximate surface area is 163 Å². The summed E-state index contributed by atoms with van der Waals surface area (Å²) >= 11 is 0. The van der Waals surface area contributed by atoms with Gasteiger partial charge in [-0.3, -0.25) is 0 Å². The first kappa shape index (κ1) is 25.4. The molecule has 4 heteroatoms. The molecule has 156 valence electrons. The summed E-state index contributed by atoms with van der Waals surface area (Å²) in [4.78, 5) is 14.4. The molecule has 4 nitrogen and oxygen atoms in total. The van der Waals surface area contributed by atoms with Gasteiger partial charge in [0, 0.05) is 6.42 Å². The van der Waals surface area contributed by atoms with Crippen LogP contribution in [0.1, 0.15) is 90.9 Å². The minimum absolute atomic E-state index is 0.0222. The molecule has 0 aliphatic carbocycles. The summed E-state index contributed by atoms with van der Waals surface area (Å²) < 4.78 is 0.406. The Hall–Kier alpha value is -0.610. The Morgan fingerprint density at radius 2 is 1.31 bits per heavy atom. The van der Waals surface area contributed by atoms with Crippen LogP contribution in [0.5, 0.6) is 0 Å². The molecule has 0 spiro atoms. The predicted molar refractivity (Wildman–Crippen MR) is 110 cm³/mol. The Balaban J connectivity index is 4.57. The van der Waals surface area contributed by atoms with E-state index in [2.05, 4.69) is 18.7 Å². The lowest BCUT2D eigenvalue weighted by molar-refractivity contribution is -0.919. The van der Waals surface area contributed by atoms with Crippen molar-refractivity contribution >= 4 is 5.97 Å². The van der Waals surface area contributed by atoms with Crippen LogP contribution < -0.4 is 5.11 Å². The van der Waals surface area contributed by atoms with E-state index in [-0.39, 0.29) is 6.04 Å². The third kappa shape index (κ3) is 7.56. The maximum Gasteiger partial charge on any atom is 0.154 e. The van der Waals surface area contributed by atoms with Crippen molar-refractivity contribution in [2.24, 2.45) is 0 Å². The monoisotopic (exact) mass is 370 g/mol. The van der Waals surface area contributed by atoms with Crippen molar-refractivity contribution in [2.75, 3.05) is 35.2 Å². The quantitative estimate of drug-likeness (QED) is 0.306. The van der Waals surface area contributed by atoms with E-state index in [1.165, 1.54) is 51.4 Å². The maximum absolute atomic E-state index is 12.3. The first-order chi connectivity index (χ1) is 12.1. The molecule has 0 heterocycles. The van der Waals surface area contributed by atoms with Gasteiger partial charge in [-0.1, -0.05) is 71.6 Å². The van der Waals surface area contributed by atoms with Gasteiger partial charge in [0.2, 0.25) is 0 Å². The first-order valence-corrected chi connectivity index (χ1v) is 10.8. The van der Waals surface area contributed by atoms with Crippen LogP contribution in [0.2, 0.25) is 0 Å². The highest BCUT2D eigenvalue weighted by atomic mass is 16.4. The van der Waals surface area contributed by atoms with Gasteiger partial charge in [-0.2, -0.15) is 0 Å². The van der Waals surface area contributed by atoms with Gasteiger partial charge in [0.05, 0.1) is 27.2 Å². The van der Waals surface area contributed by atoms with Gasteiger partial charge in [-0.25, -0.2) is 0 Å². The van der Waals surface area contributed by atoms with Crippen molar-refractivity contribution in [3.63, 3.8) is 0 Å². The smallest absolute Gasteiger partial charge is 0.154 e. The molecule has 0 aromatic carbocycles. The summed E-state index contributed by atoms with van der Waals surface area (Å²) in [6.07, 6.45) is 14.1. The molecule has 0 rings (SSSR count). The van der Waals surface area contributed by atoms with Gasteiger partial charge < -0.3 is 19.3 Å². The van der Waals surface area contributed by atoms with Gasteiger partial charge in [-0.05, 0) is 26.9 Å². The van der Waals surface area contributed by atoms with Crippen molar-refractivity contribution in [3.8, 4) is 0 Å². The van der Waals surface area contributed by atoms with Gasteiger partial charge in [0.1, 0.15) is 5.97 Å². The summed E-state index contributed by atoms with van der Waals surface area (Å²) in [6, 6.07) is -0.0222. The van der Waals surface area contributed by atoms with Crippen molar-refractivity contribution in [3.05, 3.63) is 0 Å². The topological polar surface area (TPSA) is 43.4 Å². The molecule has 0 aromatic heterocycles. The second-order valence-corrected chi connectivity index (χ2v) is 9.04. The molecule has 0 aliphatic heterocycles. The lowest BCUT2D eigenvalue weighted by Crippen LogP contribution is -2.73. The standard InChI is InChI=1S/C22H46N2O2/c1-8-10-11-12-13-14-15-16-17-18-19-22(21(25)26,24(5,6)7)20(9-2)23(3)4/h20H,8-19H2,1-7H3. The van der Waals surface area contributed by atoms with Crippen molar-refractivity contribution in [1.82, 2.24) is 4.90 Å². The third-order valence-corrected chi connectivity index (χ3v) is 6.02. The average Bonchev–Trinajstić information content (AvgIpc) is 2.53. The summed E-state index contributed by atoms with van der Waals surface area (Å²) in [6.45, 7) is 4.33. The molecular formula is C22H46N2O2. The SMILES string of the molecule is CCCCCCCCCCCCC(C(=O)[O-])(C(CC)N(C)C)[N+](C)(C)C. The van der Waals surface area contributed by atoms with Gasteiger partial charge in [0.25, 0.3) is 0 Å². The lowest BCUT2D eigenvalue weighted by Gasteiger charge is -2.53. The summed E-state index contributed by atoms with van der Waals surface area (Å²) in [7, 11) is 9.97. The Kier molecular flexibility index (Phi) is 12.4. The van der Waals surface area contributed by atoms with E-state index in [9.17, 15) is 9.90 Å². The number of carbonyl (C=O) groups is 1. The van der Waals surface area contributed by atoms with Gasteiger partial charge in [-0.15, -0.1) is 0 Å². The van der Waals surface area contributed by atoms with Crippen molar-refractivity contribution in [2.45, 2.75) is 102 Å². The molecule has 0 bridgehead atoms. The van der Waals surface area contributed by atoms with Crippen LogP contribution in [0.4, 0.5) is 0 Å². The molecule has 0 saturated carbocycles. The normalized spacial score (nSPS) is 15.8. The Morgan fingerprint density at radius 1 is 0.885 bits per heavy atom. The van der Waals surface area contributed by atoms with E-state index in [1.54, 1.807) is 0 Å². The summed E-state index contributed by atoms with van der Waals surface area (Å²) in [5, 5.41) is 12.3. The fourth-order valence-electron chi connectivity index (χ4n) is 4.47. The van der Waals surface area contributed by atoms with Crippen LogP contribution in [-0.4, -0.2) is 62.2 Å². The minimum atomic E-state index is -0.901. The molecular weight excluding hydrogens is 324 g/mol. The number of carbonyl (C=O) groups excluding carboxylic acids is 1. The van der Waals surface area contributed by atoms with Crippen molar-refractivity contribution < 1.29 is 14.4 Å². The fourth-order valence-corrected chi connectivity index (χ4v) is 4.47. The molecule has 0 aliphatic rings. The van der Waals surface area contributed by atoms with E-state index in [1.807, 2.05) is 35.2 Å². The maximum atomic E-state index is 12.3. The Bertz CT molecular complexity index is 377. The lowest BCUT2D eigenvalue weighted by atomic mass is 9.79. The summed E-state index contributed by atoms with van der Waals surface area (Å²) in [5.41, 5.74) is -0.863. The van der Waals surface area contributed by atoms with E-state index < -0.39 is 11.5 Å². The van der Waals surface area contributed by atoms with Crippen LogP contribution in [0.15, 0.2) is 0 Å². The second kappa shape index (κ2) is 12.7. The molecule has 2 atom stereocenters. The highest BCUT2D eigenvalue weighted by Gasteiger charge is 2.51. The summed E-state index contributed by atoms with van der Waals surface area (Å²) in [5.74, 6) is -0.901. The predicted octanol–water partition coefficient (Wildman–Crippen LogP) is 3.83. The van der Waals surface area contributed by atoms with Gasteiger partial charge in [0.15, 0.2) is 5.54 Å². The van der Waals surface area contributed by atoms with Crippen LogP contribution in [0, 0.1) is 0 Å². The van der Waals surface area contributed by atoms with Crippen LogP contribution in [0.3, 0.4) is 0 Å². The minimum Gasteiger partial charge on any atom is -0.544 e. The third-order valence-electron chi connectivity index (χ3n) is 6.02. The number of hydrogen-bond donors (Lipinski definition) is 0. The fraction of sp³-hybridized carbons (Fsp3) is 0.955. The van der Waals surface area contributed by atoms with E-state index in [0.717, 1.165) is 19.3 Å². The number of nitrogens with zero attached hydrogens (tertiary/aromatic N) is 2. The highest BCUT2D eigenvalue weighted by Crippen LogP contribution is 2.33. The van der Waals surface area contributed by atoms with Gasteiger partial charge >= 0.3 is 0 Å². The number of unbranched alkanes of at least 4 members (excludes halogenated alkanes) is 9. The zero-order valence-electron chi connectivity index (χ0n) is 18.8. The number of aliphatic carboxylic acids is 1. The molecule has 26 heavy (non-hydrogen) atoms. The zero-order chi connectivity index (χ0) is 20.2. The molecule has 0 saturated heterocycles. The first-order valence-electron chi connectivity index (χ1n) is 10.8. The average molecular weight is 371 g/mol. The largest absolute Gasteiger partial charge is 0.544 e. The van der Waals surface area contributed by atoms with E-state index in [0.29, 0.717) is 10.9 Å². The molecule has 0 N–H and O–H groups in total. The van der Waals surface area contributed by atoms with E-state index in [4.69, 9.17) is 0 Å². The molecule has 2 unspecified atom stereocenters. The molecule has 0 fully saturated rings. The Morgan fingerprint density at radius 3 is 1.62 bits per heavy atom. The number of carboxylic acids is 1.